The van der Waals surface area contributed by atoms with Crippen molar-refractivity contribution in [3.63, 3.8) is 0 Å². The van der Waals surface area contributed by atoms with Crippen LogP contribution in [-0.2, 0) is 19.2 Å². The Kier molecular flexibility index (Phi) is 10.0. The number of nitrogen functional groups attached to an aromatic ring is 1. The number of carbonyl (C=O) groups excluding carboxylic acids is 6. The molecule has 4 heterocycles. The number of carbonyl (C=O) groups is 6. The molecule has 15 heteroatoms. The first-order valence-corrected chi connectivity index (χ1v) is 16.7. The maximum atomic E-state index is 13.2. The minimum atomic E-state index is -1.09. The fraction of sp³-hybridized carbons (Fsp3) is 0.371. The smallest absolute Gasteiger partial charge is 0.264 e. The lowest BCUT2D eigenvalue weighted by Crippen LogP contribution is -2.54. The lowest BCUT2D eigenvalue weighted by molar-refractivity contribution is -0.136. The SMILES string of the molecule is Nc1nnc(-c2ccccc2O)cc1N1CCN(C(=O)CCCCCCC(=O)Nc2cccc3c2C(=O)N(C2CCC(=O)NC2=O)C3=O)CC1. The molecule has 1 aromatic heterocycles. The van der Waals surface area contributed by atoms with Gasteiger partial charge in [0.15, 0.2) is 5.82 Å². The molecule has 0 spiro atoms. The number of para-hydroxylation sites is 1. The van der Waals surface area contributed by atoms with Crippen LogP contribution in [0.15, 0.2) is 48.5 Å². The Balaban J connectivity index is 0.916. The van der Waals surface area contributed by atoms with Gasteiger partial charge in [0, 0.05) is 51.0 Å². The Hall–Kier alpha value is -5.86. The Bertz CT molecular complexity index is 1860. The van der Waals surface area contributed by atoms with Crippen molar-refractivity contribution in [1.29, 1.82) is 0 Å². The highest BCUT2D eigenvalue weighted by atomic mass is 16.3. The van der Waals surface area contributed by atoms with Gasteiger partial charge in [-0.05, 0) is 49.6 Å². The lowest BCUT2D eigenvalue weighted by atomic mass is 10.0. The zero-order chi connectivity index (χ0) is 35.4. The van der Waals surface area contributed by atoms with Crippen molar-refractivity contribution in [2.75, 3.05) is 42.1 Å². The van der Waals surface area contributed by atoms with Crippen LogP contribution < -0.4 is 21.3 Å². The van der Waals surface area contributed by atoms with Crippen molar-refractivity contribution in [2.24, 2.45) is 0 Å². The highest BCUT2D eigenvalue weighted by Gasteiger charge is 2.45. The van der Waals surface area contributed by atoms with Crippen LogP contribution in [0.2, 0.25) is 0 Å². The van der Waals surface area contributed by atoms with Gasteiger partial charge in [0.1, 0.15) is 11.8 Å². The van der Waals surface area contributed by atoms with Crippen molar-refractivity contribution in [3.8, 4) is 17.0 Å². The summed E-state index contributed by atoms with van der Waals surface area (Å²) in [7, 11) is 0. The third-order valence-electron chi connectivity index (χ3n) is 9.24. The van der Waals surface area contributed by atoms with E-state index in [1.807, 2.05) is 11.0 Å². The first kappa shape index (κ1) is 34.0. The standard InChI is InChI=1S/C35H38N8O7/c36-32-26(20-24(39-40-32)21-8-5-6-11-27(21)44)41-16-18-42(19-17-41)30(47)13-4-2-1-3-12-28(45)37-23-10-7-9-22-31(23)35(50)43(34(22)49)25-14-15-29(46)38-33(25)48/h5-11,20,25,44H,1-4,12-19H2,(H2,36,40)(H,37,45)(H,38,46,48). The molecule has 50 heavy (non-hydrogen) atoms. The van der Waals surface area contributed by atoms with E-state index in [0.29, 0.717) is 62.4 Å². The maximum Gasteiger partial charge on any atom is 0.264 e. The molecule has 0 bridgehead atoms. The molecule has 3 aromatic rings. The number of benzene rings is 2. The van der Waals surface area contributed by atoms with Crippen molar-refractivity contribution in [1.82, 2.24) is 25.3 Å². The normalized spacial score (nSPS) is 17.5. The van der Waals surface area contributed by atoms with Crippen molar-refractivity contribution >= 4 is 52.6 Å². The van der Waals surface area contributed by atoms with E-state index in [4.69, 9.17) is 5.73 Å². The number of rotatable bonds is 11. The molecule has 1 unspecified atom stereocenters. The Morgan fingerprint density at radius 1 is 0.880 bits per heavy atom. The largest absolute Gasteiger partial charge is 0.507 e. The second-order valence-electron chi connectivity index (χ2n) is 12.5. The molecular formula is C35H38N8O7. The summed E-state index contributed by atoms with van der Waals surface area (Å²) in [4.78, 5) is 80.6. The molecule has 0 aliphatic carbocycles. The van der Waals surface area contributed by atoms with Gasteiger partial charge in [-0.1, -0.05) is 31.0 Å². The number of anilines is 3. The predicted octanol–water partition coefficient (Wildman–Crippen LogP) is 2.46. The fourth-order valence-electron chi connectivity index (χ4n) is 6.57. The maximum absolute atomic E-state index is 13.2. The van der Waals surface area contributed by atoms with Crippen LogP contribution >= 0.6 is 0 Å². The molecule has 2 fully saturated rings. The van der Waals surface area contributed by atoms with Gasteiger partial charge in [-0.15, -0.1) is 10.2 Å². The van der Waals surface area contributed by atoms with E-state index < -0.39 is 29.7 Å². The van der Waals surface area contributed by atoms with Gasteiger partial charge < -0.3 is 26.0 Å². The highest BCUT2D eigenvalue weighted by molar-refractivity contribution is 6.26. The van der Waals surface area contributed by atoms with Gasteiger partial charge in [0.2, 0.25) is 23.6 Å². The Morgan fingerprint density at radius 3 is 2.34 bits per heavy atom. The molecule has 6 amide bonds. The average molecular weight is 683 g/mol. The number of nitrogens with two attached hydrogens (primary N) is 1. The molecule has 3 aliphatic rings. The molecule has 6 rings (SSSR count). The lowest BCUT2D eigenvalue weighted by Gasteiger charge is -2.36. The van der Waals surface area contributed by atoms with Crippen LogP contribution in [0.4, 0.5) is 17.2 Å². The summed E-state index contributed by atoms with van der Waals surface area (Å²) in [6.45, 7) is 2.23. The van der Waals surface area contributed by atoms with E-state index >= 15 is 0 Å². The second kappa shape index (κ2) is 14.7. The number of piperidine rings is 1. The summed E-state index contributed by atoms with van der Waals surface area (Å²) in [6.07, 6.45) is 3.42. The molecule has 15 nitrogen and oxygen atoms in total. The summed E-state index contributed by atoms with van der Waals surface area (Å²) < 4.78 is 0. The number of nitrogens with one attached hydrogen (secondary N) is 2. The van der Waals surface area contributed by atoms with Crippen LogP contribution in [0, 0.1) is 0 Å². The molecule has 2 aromatic carbocycles. The van der Waals surface area contributed by atoms with Crippen LogP contribution in [0.25, 0.3) is 11.3 Å². The van der Waals surface area contributed by atoms with Crippen LogP contribution in [-0.4, -0.2) is 92.8 Å². The minimum Gasteiger partial charge on any atom is -0.507 e. The number of nitrogens with zero attached hydrogens (tertiary/aromatic N) is 5. The van der Waals surface area contributed by atoms with E-state index in [1.165, 1.54) is 12.1 Å². The summed E-state index contributed by atoms with van der Waals surface area (Å²) in [5.41, 5.74) is 8.24. The van der Waals surface area contributed by atoms with Gasteiger partial charge >= 0.3 is 0 Å². The van der Waals surface area contributed by atoms with Gasteiger partial charge in [0.05, 0.1) is 28.2 Å². The van der Waals surface area contributed by atoms with Crippen LogP contribution in [0.3, 0.4) is 0 Å². The molecule has 0 radical (unpaired) electrons. The number of amides is 6. The highest BCUT2D eigenvalue weighted by Crippen LogP contribution is 2.33. The minimum absolute atomic E-state index is 0.0178. The zero-order valence-electron chi connectivity index (χ0n) is 27.4. The summed E-state index contributed by atoms with van der Waals surface area (Å²) in [5, 5.41) is 23.3. The van der Waals surface area contributed by atoms with Gasteiger partial charge in [-0.25, -0.2) is 0 Å². The molecule has 0 saturated carbocycles. The number of fused-ring (bicyclic) bond motifs is 1. The number of piperazine rings is 1. The molecule has 5 N–H and O–H groups in total. The van der Waals surface area contributed by atoms with Crippen molar-refractivity contribution < 1.29 is 33.9 Å². The van der Waals surface area contributed by atoms with E-state index in [-0.39, 0.29) is 59.5 Å². The average Bonchev–Trinajstić information content (AvgIpc) is 3.36. The first-order chi connectivity index (χ1) is 24.1. The number of unbranched alkanes of at least 4 members (excludes halogenated alkanes) is 3. The molecular weight excluding hydrogens is 644 g/mol. The fourth-order valence-corrected chi connectivity index (χ4v) is 6.57. The monoisotopic (exact) mass is 682 g/mol. The molecule has 2 saturated heterocycles. The van der Waals surface area contributed by atoms with Crippen molar-refractivity contribution in [3.05, 3.63) is 59.7 Å². The van der Waals surface area contributed by atoms with Gasteiger partial charge in [-0.2, -0.15) is 0 Å². The molecule has 1 atom stereocenters. The van der Waals surface area contributed by atoms with E-state index in [1.54, 1.807) is 30.3 Å². The number of aromatic nitrogens is 2. The number of aromatic hydroxyl groups is 1. The third kappa shape index (κ3) is 7.11. The van der Waals surface area contributed by atoms with E-state index in [2.05, 4.69) is 25.7 Å². The molecule has 260 valence electrons. The zero-order valence-corrected chi connectivity index (χ0v) is 27.4. The topological polar surface area (TPSA) is 208 Å². The van der Waals surface area contributed by atoms with Gasteiger partial charge in [-0.3, -0.25) is 39.0 Å². The second-order valence-corrected chi connectivity index (χ2v) is 12.5. The van der Waals surface area contributed by atoms with E-state index in [0.717, 1.165) is 17.7 Å². The number of phenolic OH excluding ortho intramolecular Hbond substituents is 1. The molecule has 3 aliphatic heterocycles. The number of phenols is 1. The van der Waals surface area contributed by atoms with E-state index in [9.17, 15) is 33.9 Å². The Morgan fingerprint density at radius 2 is 1.60 bits per heavy atom. The summed E-state index contributed by atoms with van der Waals surface area (Å²) in [6, 6.07) is 12.2. The number of imide groups is 2. The number of hydrogen-bond donors (Lipinski definition) is 4. The first-order valence-electron chi connectivity index (χ1n) is 16.7. The van der Waals surface area contributed by atoms with Gasteiger partial charge in [0.25, 0.3) is 11.8 Å². The summed E-state index contributed by atoms with van der Waals surface area (Å²) in [5.74, 6) is -2.33. The van der Waals surface area contributed by atoms with Crippen LogP contribution in [0.5, 0.6) is 5.75 Å². The quantitative estimate of drug-likeness (QED) is 0.171. The Labute approximate surface area is 287 Å². The third-order valence-corrected chi connectivity index (χ3v) is 9.24. The predicted molar refractivity (Wildman–Crippen MR) is 182 cm³/mol. The number of hydrogen-bond acceptors (Lipinski definition) is 11. The summed E-state index contributed by atoms with van der Waals surface area (Å²) >= 11 is 0. The van der Waals surface area contributed by atoms with Crippen molar-refractivity contribution in [2.45, 2.75) is 57.4 Å². The van der Waals surface area contributed by atoms with Crippen LogP contribution in [0.1, 0.15) is 72.1 Å².